The largest absolute Gasteiger partial charge is 1.00 e. The van der Waals surface area contributed by atoms with Gasteiger partial charge in [0.15, 0.2) is 0 Å². The maximum absolute atomic E-state index is 11.4. The van der Waals surface area contributed by atoms with Crippen LogP contribution < -0.4 is 24.0 Å². The van der Waals surface area contributed by atoms with Crippen molar-refractivity contribution in [3.8, 4) is 0 Å². The molecule has 104 valence electrons. The minimum atomic E-state index is -4.50. The summed E-state index contributed by atoms with van der Waals surface area (Å²) in [5.74, 6) is -1.05. The van der Waals surface area contributed by atoms with E-state index in [-0.39, 0.29) is 41.8 Å². The van der Waals surface area contributed by atoms with Gasteiger partial charge in [-0.05, 0) is 37.4 Å². The number of hydrogen-bond acceptors (Lipinski definition) is 5. The molecule has 0 aliphatic carbocycles. The Hall–Kier alpha value is -0.843. The van der Waals surface area contributed by atoms with Crippen molar-refractivity contribution in [3.05, 3.63) is 22.7 Å². The van der Waals surface area contributed by atoms with Gasteiger partial charge in [0.2, 0.25) is 0 Å². The van der Waals surface area contributed by atoms with Gasteiger partial charge in [-0.2, -0.15) is 8.42 Å². The van der Waals surface area contributed by atoms with Crippen molar-refractivity contribution in [2.45, 2.75) is 25.2 Å². The second-order valence-corrected chi connectivity index (χ2v) is 5.73. The minimum Gasteiger partial charge on any atom is -0.861 e. The van der Waals surface area contributed by atoms with Gasteiger partial charge in [0.05, 0.1) is 10.7 Å². The first-order valence-corrected chi connectivity index (χ1v) is 6.94. The number of benzene rings is 1. The molecule has 0 aromatic heterocycles. The monoisotopic (exact) mass is 311 g/mol. The predicted molar refractivity (Wildman–Crippen MR) is 68.4 cm³/mol. The third kappa shape index (κ3) is 5.27. The molecule has 0 saturated carbocycles. The number of carbonyl (C=O) groups is 1. The molecule has 0 aliphatic heterocycles. The molecule has 6 nitrogen and oxygen atoms in total. The summed E-state index contributed by atoms with van der Waals surface area (Å²) in [6.45, 7) is 2.81. The van der Waals surface area contributed by atoms with Gasteiger partial charge in [0.1, 0.15) is 10.7 Å². The van der Waals surface area contributed by atoms with Crippen LogP contribution >= 0.6 is 11.6 Å². The molecule has 1 aromatic rings. The molecule has 1 rings (SSSR count). The van der Waals surface area contributed by atoms with Crippen LogP contribution in [0.15, 0.2) is 22.0 Å². The first-order valence-electron chi connectivity index (χ1n) is 5.13. The second kappa shape index (κ2) is 7.25. The molecule has 0 bridgehead atoms. The summed E-state index contributed by atoms with van der Waals surface area (Å²) in [7, 11) is -4.50. The second-order valence-electron chi connectivity index (χ2n) is 3.93. The van der Waals surface area contributed by atoms with Gasteiger partial charge < -0.3 is 5.11 Å². The molecule has 0 unspecified atom stereocenters. The van der Waals surface area contributed by atoms with Crippen molar-refractivity contribution in [2.24, 2.45) is 4.99 Å². The fraction of sp³-hybridized carbons (Fsp3) is 0.273. The van der Waals surface area contributed by atoms with E-state index in [2.05, 4.69) is 4.99 Å². The van der Waals surface area contributed by atoms with E-state index in [1.54, 1.807) is 6.92 Å². The number of nitrogens with zero attached hydrogens (tertiary/aromatic N) is 1. The number of halogens is 1. The van der Waals surface area contributed by atoms with Gasteiger partial charge >= 0.3 is 18.9 Å². The molecule has 1 N–H and O–H groups in total. The van der Waals surface area contributed by atoms with Crippen LogP contribution in [0.1, 0.15) is 18.9 Å². The van der Waals surface area contributed by atoms with Crippen molar-refractivity contribution in [1.29, 1.82) is 0 Å². The smallest absolute Gasteiger partial charge is 0.861 e. The molecular weight excluding hydrogens is 301 g/mol. The Kier molecular flexibility index (Phi) is 6.94. The summed E-state index contributed by atoms with van der Waals surface area (Å²) in [6.07, 6.45) is -0.372. The van der Waals surface area contributed by atoms with E-state index in [4.69, 9.17) is 16.2 Å². The molecular formula is C11H11ClLiNO5S. The van der Waals surface area contributed by atoms with Crippen molar-refractivity contribution in [2.75, 3.05) is 0 Å². The molecule has 0 saturated heterocycles. The Bertz CT molecular complexity index is 657. The fourth-order valence-corrected chi connectivity index (χ4v) is 2.42. The van der Waals surface area contributed by atoms with Gasteiger partial charge in [-0.15, -0.1) is 0 Å². The molecule has 9 heteroatoms. The van der Waals surface area contributed by atoms with Gasteiger partial charge in [0.25, 0.3) is 10.1 Å². The van der Waals surface area contributed by atoms with Crippen LogP contribution in [-0.4, -0.2) is 24.7 Å². The molecule has 0 aliphatic rings. The van der Waals surface area contributed by atoms with E-state index in [9.17, 15) is 18.3 Å². The van der Waals surface area contributed by atoms with Crippen molar-refractivity contribution in [3.63, 3.8) is 0 Å². The molecule has 0 radical (unpaired) electrons. The van der Waals surface area contributed by atoms with Gasteiger partial charge in [-0.1, -0.05) is 11.6 Å². The van der Waals surface area contributed by atoms with E-state index < -0.39 is 20.9 Å². The summed E-state index contributed by atoms with van der Waals surface area (Å²) in [5, 5.41) is 11.2. The van der Waals surface area contributed by atoms with Gasteiger partial charge in [-0.3, -0.25) is 14.3 Å². The van der Waals surface area contributed by atoms with Crippen molar-refractivity contribution < 1.29 is 41.7 Å². The summed E-state index contributed by atoms with van der Waals surface area (Å²) >= 11 is 5.69. The standard InChI is InChI=1S/C11H12ClNO5S.Li/c1-6-3-8(12)10(19(16,17)18)5-9(6)13-11(15)4-7(2)14;/h3,5H,4H2,1-2H3,(H,13,15)(H,16,17,18);/q;+1/p-1. The number of carbonyl (C=O) groups excluding carboxylic acids is 1. The van der Waals surface area contributed by atoms with Crippen LogP contribution in [0.25, 0.3) is 0 Å². The molecule has 0 heterocycles. The Morgan fingerprint density at radius 2 is 2.00 bits per heavy atom. The summed E-state index contributed by atoms with van der Waals surface area (Å²) in [6, 6.07) is 2.26. The van der Waals surface area contributed by atoms with Gasteiger partial charge in [0, 0.05) is 6.42 Å². The SMILES string of the molecule is CC(=O)CC([O-])=Nc1cc(S(=O)(=O)O)c(Cl)cc1C.[Li+]. The average molecular weight is 312 g/mol. The van der Waals surface area contributed by atoms with E-state index in [0.29, 0.717) is 5.56 Å². The topological polar surface area (TPSA) is 107 Å². The Morgan fingerprint density at radius 1 is 1.45 bits per heavy atom. The zero-order valence-corrected chi connectivity index (χ0v) is 12.7. The third-order valence-electron chi connectivity index (χ3n) is 2.17. The van der Waals surface area contributed by atoms with Crippen LogP contribution in [0.5, 0.6) is 0 Å². The van der Waals surface area contributed by atoms with Crippen LogP contribution in [0.3, 0.4) is 0 Å². The Balaban J connectivity index is 0.00000361. The Labute approximate surface area is 133 Å². The Morgan fingerprint density at radius 3 is 2.45 bits per heavy atom. The molecule has 1 aromatic carbocycles. The predicted octanol–water partition coefficient (Wildman–Crippen LogP) is -1.73. The number of ketones is 1. The summed E-state index contributed by atoms with van der Waals surface area (Å²) in [5.41, 5.74) is 0.498. The summed E-state index contributed by atoms with van der Waals surface area (Å²) < 4.78 is 31.1. The zero-order chi connectivity index (χ0) is 14.8. The molecule has 0 amide bonds. The molecule has 0 fully saturated rings. The van der Waals surface area contributed by atoms with Crippen LogP contribution in [0.4, 0.5) is 5.69 Å². The maximum atomic E-state index is 11.4. The maximum Gasteiger partial charge on any atom is 1.00 e. The number of aliphatic imine (C=N–C) groups is 1. The van der Waals surface area contributed by atoms with Crippen LogP contribution in [0.2, 0.25) is 5.02 Å². The minimum absolute atomic E-state index is 0. The number of rotatable bonds is 4. The first-order chi connectivity index (χ1) is 8.61. The fourth-order valence-electron chi connectivity index (χ4n) is 1.35. The van der Waals surface area contributed by atoms with E-state index in [0.717, 1.165) is 6.07 Å². The zero-order valence-electron chi connectivity index (χ0n) is 11.2. The normalized spacial score (nSPS) is 11.9. The summed E-state index contributed by atoms with van der Waals surface area (Å²) in [4.78, 5) is 13.9. The number of Topliss-reactive ketones (excluding diaryl/α,β-unsaturated/α-hetero) is 1. The molecule has 20 heavy (non-hydrogen) atoms. The van der Waals surface area contributed by atoms with E-state index in [1.807, 2.05) is 0 Å². The third-order valence-corrected chi connectivity index (χ3v) is 3.49. The van der Waals surface area contributed by atoms with Crippen molar-refractivity contribution in [1.82, 2.24) is 0 Å². The number of aryl methyl sites for hydroxylation is 1. The molecule has 0 atom stereocenters. The van der Waals surface area contributed by atoms with Crippen LogP contribution in [0, 0.1) is 6.92 Å². The van der Waals surface area contributed by atoms with E-state index >= 15 is 0 Å². The quantitative estimate of drug-likeness (QED) is 0.308. The first kappa shape index (κ1) is 19.2. The van der Waals surface area contributed by atoms with Crippen LogP contribution in [-0.2, 0) is 14.9 Å². The molecule has 0 spiro atoms. The van der Waals surface area contributed by atoms with Gasteiger partial charge in [-0.25, -0.2) is 0 Å². The van der Waals surface area contributed by atoms with Crippen molar-refractivity contribution >= 4 is 39.1 Å². The average Bonchev–Trinajstić information content (AvgIpc) is 2.18. The van der Waals surface area contributed by atoms with E-state index in [1.165, 1.54) is 13.0 Å². The number of hydrogen-bond donors (Lipinski definition) is 1.